The highest BCUT2D eigenvalue weighted by molar-refractivity contribution is 6.06. The Morgan fingerprint density at radius 2 is 1.53 bits per heavy atom. The normalized spacial score (nSPS) is 18.1. The molecule has 1 aliphatic heterocycles. The number of allylic oxidation sites excluding steroid dienone is 4. The fourth-order valence-electron chi connectivity index (χ4n) is 5.53. The number of hydrogen-bond acceptors (Lipinski definition) is 6. The van der Waals surface area contributed by atoms with Crippen molar-refractivity contribution in [2.24, 2.45) is 0 Å². The Morgan fingerprint density at radius 3 is 2.14 bits per heavy atom. The first-order valence-electron chi connectivity index (χ1n) is 12.4. The SMILES string of the molecule is COc1ccc(NC(=O)COc2ccccc2C2C3=C(CCCC3=O)N(C)C3=C2C(=O)CCC3)cc1. The van der Waals surface area contributed by atoms with Gasteiger partial charge in [0.05, 0.1) is 7.11 Å². The Kier molecular flexibility index (Phi) is 6.63. The molecule has 3 aliphatic rings. The average Bonchev–Trinajstić information content (AvgIpc) is 2.89. The van der Waals surface area contributed by atoms with E-state index in [1.807, 2.05) is 25.2 Å². The van der Waals surface area contributed by atoms with Gasteiger partial charge in [0.25, 0.3) is 5.91 Å². The Morgan fingerprint density at radius 1 is 0.917 bits per heavy atom. The topological polar surface area (TPSA) is 84.9 Å². The van der Waals surface area contributed by atoms with Gasteiger partial charge in [0.2, 0.25) is 0 Å². The van der Waals surface area contributed by atoms with Crippen LogP contribution < -0.4 is 14.8 Å². The molecule has 0 aromatic heterocycles. The molecule has 2 aromatic rings. The van der Waals surface area contributed by atoms with Crippen LogP contribution in [0.3, 0.4) is 0 Å². The second kappa shape index (κ2) is 10.0. The van der Waals surface area contributed by atoms with Crippen molar-refractivity contribution in [1.29, 1.82) is 0 Å². The fourth-order valence-corrected chi connectivity index (χ4v) is 5.53. The highest BCUT2D eigenvalue weighted by Gasteiger charge is 2.43. The molecule has 1 heterocycles. The summed E-state index contributed by atoms with van der Waals surface area (Å²) >= 11 is 0. The number of benzene rings is 2. The number of para-hydroxylation sites is 1. The maximum Gasteiger partial charge on any atom is 0.262 e. The van der Waals surface area contributed by atoms with E-state index in [4.69, 9.17) is 9.47 Å². The summed E-state index contributed by atoms with van der Waals surface area (Å²) in [6.45, 7) is -0.199. The zero-order chi connectivity index (χ0) is 25.2. The van der Waals surface area contributed by atoms with E-state index >= 15 is 0 Å². The molecule has 0 spiro atoms. The molecule has 36 heavy (non-hydrogen) atoms. The quantitative estimate of drug-likeness (QED) is 0.634. The maximum absolute atomic E-state index is 13.2. The van der Waals surface area contributed by atoms with E-state index in [2.05, 4.69) is 10.2 Å². The number of carbonyl (C=O) groups excluding carboxylic acids is 3. The second-order valence-corrected chi connectivity index (χ2v) is 9.37. The van der Waals surface area contributed by atoms with Crippen LogP contribution in [0.5, 0.6) is 11.5 Å². The largest absolute Gasteiger partial charge is 0.497 e. The number of carbonyl (C=O) groups is 3. The fraction of sp³-hybridized carbons (Fsp3) is 0.345. The average molecular weight is 487 g/mol. The summed E-state index contributed by atoms with van der Waals surface area (Å²) < 4.78 is 11.2. The number of ketones is 2. The smallest absolute Gasteiger partial charge is 0.262 e. The number of nitrogens with one attached hydrogen (secondary N) is 1. The van der Waals surface area contributed by atoms with Gasteiger partial charge in [0.15, 0.2) is 18.2 Å². The molecule has 0 unspecified atom stereocenters. The lowest BCUT2D eigenvalue weighted by Crippen LogP contribution is -2.37. The van der Waals surface area contributed by atoms with Crippen LogP contribution in [-0.2, 0) is 14.4 Å². The van der Waals surface area contributed by atoms with Gasteiger partial charge in [-0.25, -0.2) is 0 Å². The number of nitrogens with zero attached hydrogens (tertiary/aromatic N) is 1. The molecule has 1 amide bonds. The summed E-state index contributed by atoms with van der Waals surface area (Å²) in [5.74, 6) is 0.615. The lowest BCUT2D eigenvalue weighted by molar-refractivity contribution is -0.119. The predicted octanol–water partition coefficient (Wildman–Crippen LogP) is 4.76. The summed E-state index contributed by atoms with van der Waals surface area (Å²) in [5.41, 5.74) is 4.83. The van der Waals surface area contributed by atoms with Gasteiger partial charge in [-0.15, -0.1) is 0 Å². The summed E-state index contributed by atoms with van der Waals surface area (Å²) in [6.07, 6.45) is 4.21. The molecule has 0 atom stereocenters. The molecule has 0 saturated carbocycles. The molecule has 0 fully saturated rings. The molecule has 186 valence electrons. The molecule has 7 nitrogen and oxygen atoms in total. The molecule has 0 saturated heterocycles. The molecule has 5 rings (SSSR count). The molecular formula is C29H30N2O5. The van der Waals surface area contributed by atoms with Crippen molar-refractivity contribution in [3.63, 3.8) is 0 Å². The van der Waals surface area contributed by atoms with Crippen LogP contribution in [0, 0.1) is 0 Å². The third-order valence-electron chi connectivity index (χ3n) is 7.21. The van der Waals surface area contributed by atoms with E-state index in [1.54, 1.807) is 37.4 Å². The minimum Gasteiger partial charge on any atom is -0.497 e. The van der Waals surface area contributed by atoms with Crippen molar-refractivity contribution in [2.45, 2.75) is 44.4 Å². The highest BCUT2D eigenvalue weighted by atomic mass is 16.5. The number of anilines is 1. The lowest BCUT2D eigenvalue weighted by Gasteiger charge is -2.42. The van der Waals surface area contributed by atoms with Gasteiger partial charge in [-0.05, 0) is 56.0 Å². The number of Topliss-reactive ketones (excluding diaryl/α,β-unsaturated/α-hetero) is 2. The Labute approximate surface area is 210 Å². The van der Waals surface area contributed by atoms with E-state index < -0.39 is 5.92 Å². The third-order valence-corrected chi connectivity index (χ3v) is 7.21. The maximum atomic E-state index is 13.2. The van der Waals surface area contributed by atoms with Crippen LogP contribution >= 0.6 is 0 Å². The summed E-state index contributed by atoms with van der Waals surface area (Å²) in [4.78, 5) is 41.2. The predicted molar refractivity (Wildman–Crippen MR) is 136 cm³/mol. The van der Waals surface area contributed by atoms with Gasteiger partial charge >= 0.3 is 0 Å². The Balaban J connectivity index is 1.45. The molecule has 0 bridgehead atoms. The van der Waals surface area contributed by atoms with Crippen LogP contribution in [0.4, 0.5) is 5.69 Å². The first-order chi connectivity index (χ1) is 17.5. The van der Waals surface area contributed by atoms with Crippen molar-refractivity contribution < 1.29 is 23.9 Å². The van der Waals surface area contributed by atoms with Gasteiger partial charge in [0.1, 0.15) is 11.5 Å². The van der Waals surface area contributed by atoms with Gasteiger partial charge in [-0.1, -0.05) is 18.2 Å². The second-order valence-electron chi connectivity index (χ2n) is 9.37. The number of amides is 1. The van der Waals surface area contributed by atoms with Gasteiger partial charge < -0.3 is 19.7 Å². The van der Waals surface area contributed by atoms with Crippen molar-refractivity contribution in [1.82, 2.24) is 4.90 Å². The standard InChI is InChI=1S/C29H30N2O5/c1-31-21-8-5-10-23(32)28(21)27(29-22(31)9-6-11-24(29)33)20-7-3-4-12-25(20)36-17-26(34)30-18-13-15-19(35-2)16-14-18/h3-4,7,12-16,27H,5-6,8-11,17H2,1-2H3,(H,30,34). The summed E-state index contributed by atoms with van der Waals surface area (Å²) in [6, 6.07) is 14.5. The number of ether oxygens (including phenoxy) is 2. The minimum absolute atomic E-state index is 0.0880. The van der Waals surface area contributed by atoms with Crippen LogP contribution in [-0.4, -0.2) is 43.1 Å². The van der Waals surface area contributed by atoms with Crippen LogP contribution in [0.15, 0.2) is 71.1 Å². The molecule has 1 N–H and O–H groups in total. The molecule has 2 aliphatic carbocycles. The summed E-state index contributed by atoms with van der Waals surface area (Å²) in [7, 11) is 3.56. The first kappa shape index (κ1) is 23.9. The molecule has 0 radical (unpaired) electrons. The minimum atomic E-state index is -0.465. The van der Waals surface area contributed by atoms with Crippen molar-refractivity contribution in [3.05, 3.63) is 76.6 Å². The Bertz CT molecular complexity index is 1230. The first-order valence-corrected chi connectivity index (χ1v) is 12.4. The molecule has 2 aromatic carbocycles. The lowest BCUT2D eigenvalue weighted by atomic mass is 9.71. The number of rotatable bonds is 6. The van der Waals surface area contributed by atoms with Crippen molar-refractivity contribution in [2.75, 3.05) is 26.1 Å². The van der Waals surface area contributed by atoms with E-state index in [0.29, 0.717) is 41.2 Å². The Hall–Kier alpha value is -3.87. The number of hydrogen-bond donors (Lipinski definition) is 1. The molecule has 7 heteroatoms. The van der Waals surface area contributed by atoms with E-state index in [0.717, 1.165) is 42.6 Å². The monoisotopic (exact) mass is 486 g/mol. The van der Waals surface area contributed by atoms with Crippen molar-refractivity contribution >= 4 is 23.2 Å². The van der Waals surface area contributed by atoms with Crippen molar-refractivity contribution in [3.8, 4) is 11.5 Å². The van der Waals surface area contributed by atoms with E-state index in [-0.39, 0.29) is 24.1 Å². The zero-order valence-corrected chi connectivity index (χ0v) is 20.6. The third kappa shape index (κ3) is 4.41. The number of methoxy groups -OCH3 is 1. The van der Waals surface area contributed by atoms with E-state index in [9.17, 15) is 14.4 Å². The van der Waals surface area contributed by atoms with Gasteiger partial charge in [0, 0.05) is 59.6 Å². The molecular weight excluding hydrogens is 456 g/mol. The van der Waals surface area contributed by atoms with E-state index in [1.165, 1.54) is 0 Å². The van der Waals surface area contributed by atoms with Gasteiger partial charge in [-0.3, -0.25) is 14.4 Å². The summed E-state index contributed by atoms with van der Waals surface area (Å²) in [5, 5.41) is 2.82. The zero-order valence-electron chi connectivity index (χ0n) is 20.6. The van der Waals surface area contributed by atoms with Crippen LogP contribution in [0.25, 0.3) is 0 Å². The van der Waals surface area contributed by atoms with Crippen LogP contribution in [0.1, 0.15) is 50.0 Å². The van der Waals surface area contributed by atoms with Crippen LogP contribution in [0.2, 0.25) is 0 Å². The highest BCUT2D eigenvalue weighted by Crippen LogP contribution is 2.50. The van der Waals surface area contributed by atoms with Gasteiger partial charge in [-0.2, -0.15) is 0 Å².